The maximum atomic E-state index is 10.8. The van der Waals surface area contributed by atoms with Gasteiger partial charge in [0.1, 0.15) is 12.1 Å². The number of fused-ring (bicyclic) bond motifs is 2. The molecular weight excluding hydrogens is 404 g/mol. The second kappa shape index (κ2) is 10.4. The standard InChI is InChI=1S/2C13H13NO2/c1-9(13(15)16)14-12-8-4-6-10-5-2-3-7-11(10)12;14-12(13(15)16)8-10-6-3-5-9-4-1-2-7-11(9)10/h2-9,14H,1H3,(H,15,16);1-7,12H,8,14H2,(H,15,16)/t9-;/m0./s1. The van der Waals surface area contributed by atoms with Crippen molar-refractivity contribution >= 4 is 39.2 Å². The van der Waals surface area contributed by atoms with Crippen molar-refractivity contribution in [2.75, 3.05) is 5.32 Å². The van der Waals surface area contributed by atoms with Gasteiger partial charge in [0.15, 0.2) is 0 Å². The summed E-state index contributed by atoms with van der Waals surface area (Å²) in [4.78, 5) is 21.5. The van der Waals surface area contributed by atoms with E-state index >= 15 is 0 Å². The number of nitrogens with two attached hydrogens (primary N) is 1. The van der Waals surface area contributed by atoms with E-state index in [1.165, 1.54) is 0 Å². The molecule has 4 aromatic carbocycles. The average molecular weight is 431 g/mol. The SMILES string of the molecule is C[C@H](Nc1cccc2ccccc12)C(=O)O.NC(Cc1cccc2ccccc12)C(=O)O. The Balaban J connectivity index is 0.000000181. The van der Waals surface area contributed by atoms with E-state index in [2.05, 4.69) is 5.32 Å². The lowest BCUT2D eigenvalue weighted by Gasteiger charge is -2.12. The smallest absolute Gasteiger partial charge is 0.325 e. The Morgan fingerprint density at radius 3 is 1.94 bits per heavy atom. The molecule has 6 heteroatoms. The monoisotopic (exact) mass is 430 g/mol. The normalized spacial score (nSPS) is 12.4. The summed E-state index contributed by atoms with van der Waals surface area (Å²) >= 11 is 0. The van der Waals surface area contributed by atoms with Crippen LogP contribution in [0.1, 0.15) is 12.5 Å². The molecule has 0 saturated carbocycles. The van der Waals surface area contributed by atoms with E-state index in [1.54, 1.807) is 6.92 Å². The first-order valence-electron chi connectivity index (χ1n) is 10.3. The summed E-state index contributed by atoms with van der Waals surface area (Å²) < 4.78 is 0. The van der Waals surface area contributed by atoms with Gasteiger partial charge >= 0.3 is 11.9 Å². The molecule has 2 atom stereocenters. The Bertz CT molecular complexity index is 1130. The molecule has 164 valence electrons. The summed E-state index contributed by atoms with van der Waals surface area (Å²) in [5.41, 5.74) is 7.37. The van der Waals surface area contributed by atoms with E-state index in [4.69, 9.17) is 15.9 Å². The van der Waals surface area contributed by atoms with Crippen LogP contribution in [0.5, 0.6) is 0 Å². The van der Waals surface area contributed by atoms with Crippen LogP contribution in [0.25, 0.3) is 21.5 Å². The molecule has 6 nitrogen and oxygen atoms in total. The Morgan fingerprint density at radius 1 is 0.781 bits per heavy atom. The fraction of sp³-hybridized carbons (Fsp3) is 0.154. The summed E-state index contributed by atoms with van der Waals surface area (Å²) in [6, 6.07) is 26.0. The number of rotatable bonds is 6. The molecule has 0 spiro atoms. The molecule has 4 rings (SSSR count). The average Bonchev–Trinajstić information content (AvgIpc) is 2.80. The second-order valence-electron chi connectivity index (χ2n) is 7.52. The Kier molecular flexibility index (Phi) is 7.41. The van der Waals surface area contributed by atoms with Gasteiger partial charge in [-0.2, -0.15) is 0 Å². The summed E-state index contributed by atoms with van der Waals surface area (Å²) in [6.45, 7) is 1.63. The highest BCUT2D eigenvalue weighted by molar-refractivity contribution is 5.95. The minimum Gasteiger partial charge on any atom is -0.480 e. The number of anilines is 1. The van der Waals surface area contributed by atoms with Crippen LogP contribution in [0.4, 0.5) is 5.69 Å². The van der Waals surface area contributed by atoms with E-state index in [0.29, 0.717) is 6.42 Å². The van der Waals surface area contributed by atoms with Gasteiger partial charge in [0.05, 0.1) is 0 Å². The second-order valence-corrected chi connectivity index (χ2v) is 7.52. The van der Waals surface area contributed by atoms with Gasteiger partial charge in [-0.05, 0) is 41.1 Å². The number of carbonyl (C=O) groups is 2. The van der Waals surface area contributed by atoms with Crippen molar-refractivity contribution in [3.8, 4) is 0 Å². The molecule has 0 heterocycles. The third kappa shape index (κ3) is 5.62. The van der Waals surface area contributed by atoms with Crippen molar-refractivity contribution in [1.29, 1.82) is 0 Å². The number of hydrogen-bond donors (Lipinski definition) is 4. The fourth-order valence-corrected chi connectivity index (χ4v) is 3.44. The highest BCUT2D eigenvalue weighted by atomic mass is 16.4. The van der Waals surface area contributed by atoms with Gasteiger partial charge in [-0.3, -0.25) is 9.59 Å². The Hall–Kier alpha value is -3.90. The largest absolute Gasteiger partial charge is 0.480 e. The van der Waals surface area contributed by atoms with Gasteiger partial charge in [0, 0.05) is 11.1 Å². The van der Waals surface area contributed by atoms with E-state index in [9.17, 15) is 9.59 Å². The highest BCUT2D eigenvalue weighted by Gasteiger charge is 2.13. The van der Waals surface area contributed by atoms with Crippen molar-refractivity contribution in [2.24, 2.45) is 5.73 Å². The molecular formula is C26H26N2O4. The third-order valence-corrected chi connectivity index (χ3v) is 5.17. The topological polar surface area (TPSA) is 113 Å². The zero-order valence-corrected chi connectivity index (χ0v) is 17.7. The fourth-order valence-electron chi connectivity index (χ4n) is 3.44. The van der Waals surface area contributed by atoms with Crippen molar-refractivity contribution in [1.82, 2.24) is 0 Å². The lowest BCUT2D eigenvalue weighted by molar-refractivity contribution is -0.139. The molecule has 0 amide bonds. The van der Waals surface area contributed by atoms with Crippen LogP contribution in [0.2, 0.25) is 0 Å². The van der Waals surface area contributed by atoms with Gasteiger partial charge in [-0.15, -0.1) is 0 Å². The molecule has 0 aliphatic rings. The predicted molar refractivity (Wildman–Crippen MR) is 128 cm³/mol. The Labute approximate surface area is 186 Å². The van der Waals surface area contributed by atoms with Crippen molar-refractivity contribution in [3.63, 3.8) is 0 Å². The van der Waals surface area contributed by atoms with Gasteiger partial charge < -0.3 is 21.3 Å². The number of carboxylic acids is 2. The zero-order chi connectivity index (χ0) is 23.1. The maximum Gasteiger partial charge on any atom is 0.325 e. The first-order chi connectivity index (χ1) is 15.4. The maximum absolute atomic E-state index is 10.8. The number of carboxylic acid groups (broad SMARTS) is 2. The van der Waals surface area contributed by atoms with Crippen molar-refractivity contribution in [3.05, 3.63) is 90.5 Å². The summed E-state index contributed by atoms with van der Waals surface area (Å²) in [6.07, 6.45) is 0.358. The van der Waals surface area contributed by atoms with Crippen LogP contribution in [-0.4, -0.2) is 34.2 Å². The number of benzene rings is 4. The molecule has 0 aliphatic carbocycles. The molecule has 0 aromatic heterocycles. The summed E-state index contributed by atoms with van der Waals surface area (Å²) in [5.74, 6) is -1.82. The number of nitrogens with one attached hydrogen (secondary N) is 1. The van der Waals surface area contributed by atoms with Crippen LogP contribution in [0, 0.1) is 0 Å². The third-order valence-electron chi connectivity index (χ3n) is 5.17. The number of hydrogen-bond acceptors (Lipinski definition) is 4. The molecule has 1 unspecified atom stereocenters. The lowest BCUT2D eigenvalue weighted by Crippen LogP contribution is -2.32. The van der Waals surface area contributed by atoms with Gasteiger partial charge in [0.2, 0.25) is 0 Å². The van der Waals surface area contributed by atoms with Gasteiger partial charge in [0.25, 0.3) is 0 Å². The molecule has 4 aromatic rings. The van der Waals surface area contributed by atoms with Crippen molar-refractivity contribution in [2.45, 2.75) is 25.4 Å². The van der Waals surface area contributed by atoms with Gasteiger partial charge in [-0.1, -0.05) is 78.9 Å². The predicted octanol–water partition coefficient (Wildman–Crippen LogP) is 4.52. The van der Waals surface area contributed by atoms with Crippen LogP contribution in [-0.2, 0) is 16.0 Å². The first kappa shape index (κ1) is 22.8. The first-order valence-corrected chi connectivity index (χ1v) is 10.3. The van der Waals surface area contributed by atoms with E-state index in [-0.39, 0.29) is 0 Å². The molecule has 0 fully saturated rings. The molecule has 32 heavy (non-hydrogen) atoms. The molecule has 0 saturated heterocycles. The minimum absolute atomic E-state index is 0.358. The molecule has 0 bridgehead atoms. The van der Waals surface area contributed by atoms with Crippen LogP contribution < -0.4 is 11.1 Å². The Morgan fingerprint density at radius 2 is 1.31 bits per heavy atom. The molecule has 0 aliphatic heterocycles. The van der Waals surface area contributed by atoms with E-state index in [0.717, 1.165) is 32.8 Å². The van der Waals surface area contributed by atoms with Crippen LogP contribution in [0.15, 0.2) is 84.9 Å². The summed E-state index contributed by atoms with van der Waals surface area (Å²) in [7, 11) is 0. The van der Waals surface area contributed by atoms with Crippen molar-refractivity contribution < 1.29 is 19.8 Å². The highest BCUT2D eigenvalue weighted by Crippen LogP contribution is 2.23. The number of aliphatic carboxylic acids is 2. The van der Waals surface area contributed by atoms with E-state index in [1.807, 2.05) is 84.9 Å². The van der Waals surface area contributed by atoms with Crippen LogP contribution >= 0.6 is 0 Å². The molecule has 0 radical (unpaired) electrons. The van der Waals surface area contributed by atoms with Crippen LogP contribution in [0.3, 0.4) is 0 Å². The summed E-state index contributed by atoms with van der Waals surface area (Å²) in [5, 5.41) is 24.9. The van der Waals surface area contributed by atoms with Gasteiger partial charge in [-0.25, -0.2) is 0 Å². The zero-order valence-electron chi connectivity index (χ0n) is 17.7. The minimum atomic E-state index is -0.965. The van der Waals surface area contributed by atoms with E-state index < -0.39 is 24.0 Å². The lowest BCUT2D eigenvalue weighted by atomic mass is 9.99. The quantitative estimate of drug-likeness (QED) is 0.358. The molecule has 5 N–H and O–H groups in total.